The van der Waals surface area contributed by atoms with Crippen LogP contribution >= 0.6 is 0 Å². The van der Waals surface area contributed by atoms with E-state index in [4.69, 9.17) is 5.11 Å². The van der Waals surface area contributed by atoms with Gasteiger partial charge in [-0.25, -0.2) is 0 Å². The Morgan fingerprint density at radius 1 is 1.30 bits per heavy atom. The van der Waals surface area contributed by atoms with E-state index in [0.29, 0.717) is 25.7 Å². The van der Waals surface area contributed by atoms with E-state index < -0.39 is 17.2 Å². The second kappa shape index (κ2) is 8.70. The highest BCUT2D eigenvalue weighted by Crippen LogP contribution is 2.26. The molecule has 2 rings (SSSR count). The molecule has 1 saturated heterocycles. The van der Waals surface area contributed by atoms with Crippen LogP contribution in [0.2, 0.25) is 0 Å². The molecule has 0 aromatic heterocycles. The van der Waals surface area contributed by atoms with E-state index in [2.05, 4.69) is 22.1 Å². The van der Waals surface area contributed by atoms with E-state index in [1.165, 1.54) is 13.1 Å². The maximum atomic E-state index is 10.5. The number of hydrogen-bond donors (Lipinski definition) is 2. The third-order valence-corrected chi connectivity index (χ3v) is 3.60. The molecule has 0 bridgehead atoms. The van der Waals surface area contributed by atoms with Crippen LogP contribution < -0.4 is 5.32 Å². The molecule has 0 unspecified atom stereocenters. The predicted octanol–water partition coefficient (Wildman–Crippen LogP) is 0.360. The molecule has 0 spiro atoms. The van der Waals surface area contributed by atoms with Gasteiger partial charge in [-0.15, -0.1) is 10.1 Å². The molecule has 20 heavy (non-hydrogen) atoms. The highest BCUT2D eigenvalue weighted by molar-refractivity contribution is 5.69. The van der Waals surface area contributed by atoms with Crippen molar-refractivity contribution in [3.8, 4) is 0 Å². The number of aliphatic carboxylic acids is 1. The quantitative estimate of drug-likeness (QED) is 0.571. The van der Waals surface area contributed by atoms with Crippen LogP contribution in [0.4, 0.5) is 0 Å². The SMILES string of the molecule is CN1CCNCC1.O=C(O)C1CCC(O[N+](=O)[O-])CC1. The Labute approximate surface area is 118 Å². The van der Waals surface area contributed by atoms with Crippen molar-refractivity contribution in [2.45, 2.75) is 31.8 Å². The molecule has 2 N–H and O–H groups in total. The highest BCUT2D eigenvalue weighted by atomic mass is 17.0. The van der Waals surface area contributed by atoms with Gasteiger partial charge in [0.1, 0.15) is 6.10 Å². The van der Waals surface area contributed by atoms with Crippen LogP contribution in [-0.4, -0.2) is 60.4 Å². The molecule has 2 aliphatic rings. The second-order valence-corrected chi connectivity index (χ2v) is 5.19. The molecule has 0 radical (unpaired) electrons. The lowest BCUT2D eigenvalue weighted by molar-refractivity contribution is -0.769. The molecule has 2 fully saturated rings. The summed E-state index contributed by atoms with van der Waals surface area (Å²) in [5.41, 5.74) is 0. The maximum Gasteiger partial charge on any atom is 0.306 e. The van der Waals surface area contributed by atoms with Gasteiger partial charge in [0.25, 0.3) is 5.09 Å². The van der Waals surface area contributed by atoms with Crippen molar-refractivity contribution in [2.24, 2.45) is 5.92 Å². The highest BCUT2D eigenvalue weighted by Gasteiger charge is 2.27. The van der Waals surface area contributed by atoms with Gasteiger partial charge in [0.15, 0.2) is 0 Å². The topological polar surface area (TPSA) is 105 Å². The molecule has 1 aliphatic heterocycles. The molecule has 0 aromatic rings. The summed E-state index contributed by atoms with van der Waals surface area (Å²) in [5, 5.41) is 21.0. The van der Waals surface area contributed by atoms with Crippen LogP contribution in [0.1, 0.15) is 25.7 Å². The van der Waals surface area contributed by atoms with Crippen molar-refractivity contribution in [3.05, 3.63) is 10.1 Å². The standard InChI is InChI=1S/C7H11NO5.C5H12N2/c9-7(10)5-1-3-6(4-2-5)13-8(11)12;1-7-4-2-6-3-5-7/h5-6H,1-4H2,(H,9,10);6H,2-5H2,1H3. The Hall–Kier alpha value is -1.41. The van der Waals surface area contributed by atoms with Gasteiger partial charge in [-0.2, -0.15) is 0 Å². The minimum atomic E-state index is -0.820. The summed E-state index contributed by atoms with van der Waals surface area (Å²) >= 11 is 0. The third-order valence-electron chi connectivity index (χ3n) is 3.60. The third kappa shape index (κ3) is 6.67. The van der Waals surface area contributed by atoms with Gasteiger partial charge in [-0.3, -0.25) is 4.79 Å². The monoisotopic (exact) mass is 289 g/mol. The van der Waals surface area contributed by atoms with Crippen molar-refractivity contribution < 1.29 is 19.8 Å². The van der Waals surface area contributed by atoms with E-state index in [9.17, 15) is 14.9 Å². The van der Waals surface area contributed by atoms with Crippen LogP contribution in [0, 0.1) is 16.0 Å². The number of likely N-dealkylation sites (N-methyl/N-ethyl adjacent to an activating group) is 1. The Balaban J connectivity index is 0.000000240. The molecule has 0 amide bonds. The fourth-order valence-electron chi connectivity index (χ4n) is 2.31. The number of carboxylic acid groups (broad SMARTS) is 1. The minimum Gasteiger partial charge on any atom is -0.481 e. The molecule has 1 saturated carbocycles. The van der Waals surface area contributed by atoms with Gasteiger partial charge in [-0.05, 0) is 32.7 Å². The molecule has 1 aliphatic carbocycles. The molecule has 0 atom stereocenters. The van der Waals surface area contributed by atoms with E-state index in [0.717, 1.165) is 13.1 Å². The van der Waals surface area contributed by atoms with Crippen LogP contribution in [-0.2, 0) is 9.63 Å². The first-order valence-corrected chi connectivity index (χ1v) is 6.92. The Kier molecular flexibility index (Phi) is 7.24. The fourth-order valence-corrected chi connectivity index (χ4v) is 2.31. The number of carbonyl (C=O) groups is 1. The van der Waals surface area contributed by atoms with Crippen molar-refractivity contribution in [1.82, 2.24) is 10.2 Å². The molecular weight excluding hydrogens is 266 g/mol. The summed E-state index contributed by atoms with van der Waals surface area (Å²) in [6, 6.07) is 0. The number of nitrogens with zero attached hydrogens (tertiary/aromatic N) is 2. The second-order valence-electron chi connectivity index (χ2n) is 5.19. The summed E-state index contributed by atoms with van der Waals surface area (Å²) in [6.45, 7) is 4.74. The largest absolute Gasteiger partial charge is 0.481 e. The number of hydrogen-bond acceptors (Lipinski definition) is 6. The van der Waals surface area contributed by atoms with E-state index in [1.807, 2.05) is 0 Å². The van der Waals surface area contributed by atoms with Crippen molar-refractivity contribution in [2.75, 3.05) is 33.2 Å². The number of rotatable bonds is 3. The summed E-state index contributed by atoms with van der Waals surface area (Å²) in [5.74, 6) is -1.17. The molecule has 8 heteroatoms. The van der Waals surface area contributed by atoms with Crippen LogP contribution in [0.3, 0.4) is 0 Å². The smallest absolute Gasteiger partial charge is 0.306 e. The Morgan fingerprint density at radius 3 is 2.20 bits per heavy atom. The number of piperazine rings is 1. The Morgan fingerprint density at radius 2 is 1.85 bits per heavy atom. The predicted molar refractivity (Wildman–Crippen MR) is 71.8 cm³/mol. The fraction of sp³-hybridized carbons (Fsp3) is 0.917. The lowest BCUT2D eigenvalue weighted by Gasteiger charge is -2.23. The number of nitrogens with one attached hydrogen (secondary N) is 1. The van der Waals surface area contributed by atoms with E-state index in [-0.39, 0.29) is 5.92 Å². The molecule has 8 nitrogen and oxygen atoms in total. The molecule has 0 aromatic carbocycles. The first kappa shape index (κ1) is 16.6. The summed E-state index contributed by atoms with van der Waals surface area (Å²) in [7, 11) is 2.15. The van der Waals surface area contributed by atoms with Gasteiger partial charge < -0.3 is 20.2 Å². The van der Waals surface area contributed by atoms with Gasteiger partial charge in [0.2, 0.25) is 0 Å². The summed E-state index contributed by atoms with van der Waals surface area (Å²) < 4.78 is 0. The zero-order valence-electron chi connectivity index (χ0n) is 11.8. The van der Waals surface area contributed by atoms with Crippen molar-refractivity contribution in [1.29, 1.82) is 0 Å². The first-order chi connectivity index (χ1) is 9.49. The molecule has 1 heterocycles. The Bertz CT molecular complexity index is 312. The zero-order chi connectivity index (χ0) is 15.0. The number of carboxylic acids is 1. The van der Waals surface area contributed by atoms with Gasteiger partial charge >= 0.3 is 5.97 Å². The van der Waals surface area contributed by atoms with Crippen LogP contribution in [0.5, 0.6) is 0 Å². The van der Waals surface area contributed by atoms with E-state index in [1.54, 1.807) is 0 Å². The minimum absolute atomic E-state index is 0.355. The summed E-state index contributed by atoms with van der Waals surface area (Å²) in [4.78, 5) is 27.1. The van der Waals surface area contributed by atoms with Crippen LogP contribution in [0.25, 0.3) is 0 Å². The average Bonchev–Trinajstić information content (AvgIpc) is 2.40. The van der Waals surface area contributed by atoms with Crippen molar-refractivity contribution in [3.63, 3.8) is 0 Å². The van der Waals surface area contributed by atoms with Crippen LogP contribution in [0.15, 0.2) is 0 Å². The molecular formula is C12H23N3O5. The lowest BCUT2D eigenvalue weighted by Crippen LogP contribution is -2.40. The maximum absolute atomic E-state index is 10.5. The summed E-state index contributed by atoms with van der Waals surface area (Å²) in [6.07, 6.45) is 1.43. The van der Waals surface area contributed by atoms with E-state index >= 15 is 0 Å². The molecule has 116 valence electrons. The van der Waals surface area contributed by atoms with Gasteiger partial charge in [-0.1, -0.05) is 0 Å². The van der Waals surface area contributed by atoms with Crippen molar-refractivity contribution >= 4 is 5.97 Å². The first-order valence-electron chi connectivity index (χ1n) is 6.92. The normalized spacial score (nSPS) is 27.1. The zero-order valence-corrected chi connectivity index (χ0v) is 11.8. The van der Waals surface area contributed by atoms with Gasteiger partial charge in [0.05, 0.1) is 5.92 Å². The lowest BCUT2D eigenvalue weighted by atomic mass is 9.88. The van der Waals surface area contributed by atoms with Gasteiger partial charge in [0, 0.05) is 26.2 Å². The average molecular weight is 289 g/mol.